The number of aryl methyl sites for hydroxylation is 1. The summed E-state index contributed by atoms with van der Waals surface area (Å²) in [4.78, 5) is 26.8. The van der Waals surface area contributed by atoms with E-state index in [1.807, 2.05) is 37.3 Å². The van der Waals surface area contributed by atoms with Gasteiger partial charge in [0.15, 0.2) is 6.10 Å². The fourth-order valence-corrected chi connectivity index (χ4v) is 2.41. The van der Waals surface area contributed by atoms with Crippen molar-refractivity contribution in [2.75, 3.05) is 0 Å². The van der Waals surface area contributed by atoms with Gasteiger partial charge in [-0.1, -0.05) is 30.3 Å². The summed E-state index contributed by atoms with van der Waals surface area (Å²) in [6, 6.07) is 11.0. The van der Waals surface area contributed by atoms with Crippen molar-refractivity contribution in [1.82, 2.24) is 4.98 Å². The molecule has 1 aromatic carbocycles. The van der Waals surface area contributed by atoms with Gasteiger partial charge in [0.05, 0.1) is 6.61 Å². The van der Waals surface area contributed by atoms with Crippen LogP contribution in [0.4, 0.5) is 0 Å². The zero-order valence-electron chi connectivity index (χ0n) is 12.9. The molecule has 0 bridgehead atoms. The number of nitrogens with zero attached hydrogens (tertiary/aromatic N) is 1. The molecule has 0 aliphatic rings. The summed E-state index contributed by atoms with van der Waals surface area (Å²) in [7, 11) is 0. The van der Waals surface area contributed by atoms with Gasteiger partial charge in [-0.25, -0.2) is 4.79 Å². The summed E-state index contributed by atoms with van der Waals surface area (Å²) in [6.45, 7) is 2.04. The zero-order chi connectivity index (χ0) is 16.7. The molecule has 1 heterocycles. The van der Waals surface area contributed by atoms with Gasteiger partial charge in [-0.15, -0.1) is 0 Å². The Bertz CT molecular complexity index is 657. The number of aliphatic carboxylic acids is 1. The number of aldehydes is 1. The van der Waals surface area contributed by atoms with Crippen LogP contribution < -0.4 is 0 Å². The minimum Gasteiger partial charge on any atom is -0.479 e. The Morgan fingerprint density at radius 2 is 2.09 bits per heavy atom. The number of aromatic nitrogens is 1. The van der Waals surface area contributed by atoms with Crippen molar-refractivity contribution in [3.05, 3.63) is 65.5 Å². The fraction of sp³-hybridized carbons (Fsp3) is 0.278. The predicted molar refractivity (Wildman–Crippen MR) is 85.1 cm³/mol. The largest absolute Gasteiger partial charge is 0.479 e. The first kappa shape index (κ1) is 16.8. The molecule has 0 saturated carbocycles. The highest BCUT2D eigenvalue weighted by Crippen LogP contribution is 2.24. The van der Waals surface area contributed by atoms with Gasteiger partial charge < -0.3 is 14.6 Å². The van der Waals surface area contributed by atoms with E-state index in [0.717, 1.165) is 23.0 Å². The second-order valence-electron chi connectivity index (χ2n) is 5.33. The van der Waals surface area contributed by atoms with Crippen molar-refractivity contribution in [2.45, 2.75) is 32.0 Å². The first-order valence-electron chi connectivity index (χ1n) is 7.36. The Morgan fingerprint density at radius 3 is 2.70 bits per heavy atom. The van der Waals surface area contributed by atoms with Crippen molar-refractivity contribution in [3.8, 4) is 0 Å². The first-order valence-corrected chi connectivity index (χ1v) is 7.36. The van der Waals surface area contributed by atoms with Crippen molar-refractivity contribution < 1.29 is 19.4 Å². The van der Waals surface area contributed by atoms with E-state index in [1.54, 1.807) is 18.5 Å². The SMILES string of the molecule is Cc1ccccc1C(C=O)CC(OCc1cccnc1)C(=O)O. The smallest absolute Gasteiger partial charge is 0.332 e. The number of benzene rings is 1. The topological polar surface area (TPSA) is 76.5 Å². The summed E-state index contributed by atoms with van der Waals surface area (Å²) in [5, 5.41) is 9.36. The Balaban J connectivity index is 2.07. The van der Waals surface area contributed by atoms with E-state index in [-0.39, 0.29) is 13.0 Å². The molecule has 0 aliphatic carbocycles. The van der Waals surface area contributed by atoms with Crippen LogP contribution in [0, 0.1) is 6.92 Å². The minimum atomic E-state index is -1.07. The van der Waals surface area contributed by atoms with Crippen molar-refractivity contribution in [2.24, 2.45) is 0 Å². The number of carboxylic acids is 1. The molecule has 1 N–H and O–H groups in total. The Hall–Kier alpha value is -2.53. The van der Waals surface area contributed by atoms with E-state index < -0.39 is 18.0 Å². The summed E-state index contributed by atoms with van der Waals surface area (Å²) in [5.41, 5.74) is 2.58. The third-order valence-corrected chi connectivity index (χ3v) is 3.67. The monoisotopic (exact) mass is 313 g/mol. The molecule has 0 amide bonds. The maximum atomic E-state index is 11.4. The maximum Gasteiger partial charge on any atom is 0.332 e. The molecule has 0 fully saturated rings. The molecule has 5 heteroatoms. The number of carbonyl (C=O) groups is 2. The Labute approximate surface area is 134 Å². The second-order valence-corrected chi connectivity index (χ2v) is 5.33. The summed E-state index contributed by atoms with van der Waals surface area (Å²) < 4.78 is 5.48. The third kappa shape index (κ3) is 4.72. The quantitative estimate of drug-likeness (QED) is 0.758. The third-order valence-electron chi connectivity index (χ3n) is 3.67. The molecule has 0 radical (unpaired) electrons. The molecule has 0 spiro atoms. The van der Waals surface area contributed by atoms with Gasteiger partial charge in [-0.3, -0.25) is 4.98 Å². The highest BCUT2D eigenvalue weighted by molar-refractivity contribution is 5.74. The molecule has 23 heavy (non-hydrogen) atoms. The predicted octanol–water partition coefficient (Wildman–Crippen LogP) is 2.73. The van der Waals surface area contributed by atoms with E-state index >= 15 is 0 Å². The van der Waals surface area contributed by atoms with Crippen molar-refractivity contribution in [1.29, 1.82) is 0 Å². The van der Waals surface area contributed by atoms with Gasteiger partial charge in [0.2, 0.25) is 0 Å². The van der Waals surface area contributed by atoms with Crippen LogP contribution in [0.2, 0.25) is 0 Å². The Morgan fingerprint density at radius 1 is 1.30 bits per heavy atom. The maximum absolute atomic E-state index is 11.4. The van der Waals surface area contributed by atoms with Gasteiger partial charge in [-0.2, -0.15) is 0 Å². The number of pyridine rings is 1. The van der Waals surface area contributed by atoms with Crippen LogP contribution in [0.25, 0.3) is 0 Å². The van der Waals surface area contributed by atoms with Crippen LogP contribution in [0.3, 0.4) is 0 Å². The van der Waals surface area contributed by atoms with Crippen molar-refractivity contribution >= 4 is 12.3 Å². The molecule has 2 atom stereocenters. The molecule has 2 aromatic rings. The standard InChI is InChI=1S/C18H19NO4/c1-13-5-2-3-7-16(13)15(11-20)9-17(18(21)22)23-12-14-6-4-8-19-10-14/h2-8,10-11,15,17H,9,12H2,1H3,(H,21,22). The van der Waals surface area contributed by atoms with Gasteiger partial charge >= 0.3 is 5.97 Å². The van der Waals surface area contributed by atoms with Crippen LogP contribution in [0.5, 0.6) is 0 Å². The lowest BCUT2D eigenvalue weighted by Gasteiger charge is -2.19. The molecule has 120 valence electrons. The number of carbonyl (C=O) groups excluding carboxylic acids is 1. The second kappa shape index (κ2) is 8.19. The number of hydrogen-bond acceptors (Lipinski definition) is 4. The van der Waals surface area contributed by atoms with Gasteiger partial charge in [0.25, 0.3) is 0 Å². The minimum absolute atomic E-state index is 0.101. The number of rotatable bonds is 8. The lowest BCUT2D eigenvalue weighted by molar-refractivity contribution is -0.152. The molecule has 0 saturated heterocycles. The van der Waals surface area contributed by atoms with E-state index in [1.165, 1.54) is 0 Å². The lowest BCUT2D eigenvalue weighted by Crippen LogP contribution is -2.27. The van der Waals surface area contributed by atoms with E-state index in [2.05, 4.69) is 4.98 Å². The van der Waals surface area contributed by atoms with Gasteiger partial charge in [0.1, 0.15) is 6.29 Å². The molecule has 5 nitrogen and oxygen atoms in total. The van der Waals surface area contributed by atoms with E-state index in [4.69, 9.17) is 4.74 Å². The van der Waals surface area contributed by atoms with Crippen LogP contribution >= 0.6 is 0 Å². The average molecular weight is 313 g/mol. The molecule has 2 unspecified atom stereocenters. The zero-order valence-corrected chi connectivity index (χ0v) is 12.9. The van der Waals surface area contributed by atoms with Gasteiger partial charge in [-0.05, 0) is 36.1 Å². The van der Waals surface area contributed by atoms with E-state index in [0.29, 0.717) is 0 Å². The Kier molecular flexibility index (Phi) is 6.00. The van der Waals surface area contributed by atoms with Crippen LogP contribution in [0.15, 0.2) is 48.8 Å². The lowest BCUT2D eigenvalue weighted by atomic mass is 9.91. The van der Waals surface area contributed by atoms with Gasteiger partial charge in [0, 0.05) is 18.3 Å². The normalized spacial score (nSPS) is 13.3. The van der Waals surface area contributed by atoms with Crippen LogP contribution in [0.1, 0.15) is 29.0 Å². The number of ether oxygens (including phenoxy) is 1. The first-order chi connectivity index (χ1) is 11.1. The van der Waals surface area contributed by atoms with Crippen LogP contribution in [-0.4, -0.2) is 28.4 Å². The van der Waals surface area contributed by atoms with Crippen LogP contribution in [-0.2, 0) is 20.9 Å². The molecule has 2 rings (SSSR count). The molecular formula is C18H19NO4. The highest BCUT2D eigenvalue weighted by atomic mass is 16.5. The highest BCUT2D eigenvalue weighted by Gasteiger charge is 2.25. The summed E-state index contributed by atoms with van der Waals surface area (Å²) in [6.07, 6.45) is 3.09. The average Bonchev–Trinajstić information content (AvgIpc) is 2.57. The molecule has 1 aromatic heterocycles. The van der Waals surface area contributed by atoms with Crippen molar-refractivity contribution in [3.63, 3.8) is 0 Å². The molecular weight excluding hydrogens is 294 g/mol. The van der Waals surface area contributed by atoms with E-state index in [9.17, 15) is 14.7 Å². The number of carboxylic acid groups (broad SMARTS) is 1. The fourth-order valence-electron chi connectivity index (χ4n) is 2.41. The molecule has 0 aliphatic heterocycles. The summed E-state index contributed by atoms with van der Waals surface area (Å²) in [5.74, 6) is -1.58. The number of hydrogen-bond donors (Lipinski definition) is 1. The summed E-state index contributed by atoms with van der Waals surface area (Å²) >= 11 is 0.